The van der Waals surface area contributed by atoms with Gasteiger partial charge < -0.3 is 20.4 Å². The number of carbonyl (C=O) groups excluding carboxylic acids is 1. The molecule has 3 aliphatic rings. The van der Waals surface area contributed by atoms with Crippen molar-refractivity contribution >= 4 is 22.8 Å². The third-order valence-electron chi connectivity index (χ3n) is 7.45. The van der Waals surface area contributed by atoms with E-state index in [4.69, 9.17) is 0 Å². The fourth-order valence-corrected chi connectivity index (χ4v) is 5.49. The Morgan fingerprint density at radius 2 is 2.06 bits per heavy atom. The number of likely N-dealkylation sites (tertiary alicyclic amines) is 1. The van der Waals surface area contributed by atoms with Crippen molar-refractivity contribution < 1.29 is 28.2 Å². The monoisotopic (exact) mass is 492 g/mol. The summed E-state index contributed by atoms with van der Waals surface area (Å²) < 4.78 is 43.6. The van der Waals surface area contributed by atoms with Gasteiger partial charge in [0.25, 0.3) is 5.91 Å². The van der Waals surface area contributed by atoms with Crippen LogP contribution in [-0.2, 0) is 0 Å². The molecule has 0 radical (unpaired) electrons. The SMILES string of the molecule is CC1([C@H]2C[C@H](F)CN2C(=O)c2[nH]nc3ncnc(N[C@@H]4CCC[C@@H](O)[C@H]4O)c23)CC(F)=CC=C1F. The molecule has 2 aromatic rings. The van der Waals surface area contributed by atoms with Gasteiger partial charge in [-0.1, -0.05) is 6.92 Å². The highest BCUT2D eigenvalue weighted by Gasteiger charge is 2.50. The first-order valence-electron chi connectivity index (χ1n) is 11.7. The van der Waals surface area contributed by atoms with Crippen LogP contribution in [-0.4, -0.2) is 78.2 Å². The Balaban J connectivity index is 1.49. The van der Waals surface area contributed by atoms with E-state index in [9.17, 15) is 28.2 Å². The maximum atomic E-state index is 14.9. The zero-order valence-electron chi connectivity index (χ0n) is 19.1. The maximum absolute atomic E-state index is 14.9. The molecule has 9 nitrogen and oxygen atoms in total. The molecule has 35 heavy (non-hydrogen) atoms. The Hall–Kier alpha value is -2.99. The van der Waals surface area contributed by atoms with Gasteiger partial charge in [-0.25, -0.2) is 23.1 Å². The van der Waals surface area contributed by atoms with E-state index in [1.54, 1.807) is 0 Å². The number of fused-ring (bicyclic) bond motifs is 1. The zero-order valence-corrected chi connectivity index (χ0v) is 19.1. The Labute approximate surface area is 199 Å². The molecule has 5 rings (SSSR count). The van der Waals surface area contributed by atoms with Gasteiger partial charge in [-0.15, -0.1) is 0 Å². The van der Waals surface area contributed by atoms with E-state index in [-0.39, 0.29) is 41.9 Å². The molecular formula is C23H27F3N6O3. The molecule has 1 aliphatic heterocycles. The van der Waals surface area contributed by atoms with Crippen molar-refractivity contribution in [3.63, 3.8) is 0 Å². The molecule has 1 saturated carbocycles. The van der Waals surface area contributed by atoms with E-state index < -0.39 is 53.4 Å². The highest BCUT2D eigenvalue weighted by molar-refractivity contribution is 6.07. The molecule has 0 bridgehead atoms. The topological polar surface area (TPSA) is 127 Å². The highest BCUT2D eigenvalue weighted by atomic mass is 19.1. The lowest BCUT2D eigenvalue weighted by atomic mass is 9.74. The summed E-state index contributed by atoms with van der Waals surface area (Å²) in [4.78, 5) is 23.2. The summed E-state index contributed by atoms with van der Waals surface area (Å²) in [6.07, 6.45) is 1.34. The predicted octanol–water partition coefficient (Wildman–Crippen LogP) is 2.71. The van der Waals surface area contributed by atoms with E-state index >= 15 is 0 Å². The normalized spacial score (nSPS) is 33.5. The van der Waals surface area contributed by atoms with Crippen molar-refractivity contribution in [3.8, 4) is 0 Å². The molecule has 2 aliphatic carbocycles. The second-order valence-electron chi connectivity index (χ2n) is 9.79. The molecule has 12 heteroatoms. The van der Waals surface area contributed by atoms with Crippen molar-refractivity contribution in [1.82, 2.24) is 25.1 Å². The number of halogens is 3. The van der Waals surface area contributed by atoms with Gasteiger partial charge in [-0.3, -0.25) is 9.89 Å². The number of hydrogen-bond acceptors (Lipinski definition) is 7. The van der Waals surface area contributed by atoms with E-state index in [0.29, 0.717) is 19.3 Å². The molecule has 2 aromatic heterocycles. The van der Waals surface area contributed by atoms with Crippen LogP contribution in [0, 0.1) is 5.41 Å². The third kappa shape index (κ3) is 4.08. The molecular weight excluding hydrogens is 465 g/mol. The van der Waals surface area contributed by atoms with E-state index in [2.05, 4.69) is 25.5 Å². The lowest BCUT2D eigenvalue weighted by molar-refractivity contribution is -0.0161. The fraction of sp³-hybridized carbons (Fsp3) is 0.565. The van der Waals surface area contributed by atoms with Crippen LogP contribution in [0.1, 0.15) is 49.5 Å². The highest BCUT2D eigenvalue weighted by Crippen LogP contribution is 2.47. The summed E-state index contributed by atoms with van der Waals surface area (Å²) >= 11 is 0. The minimum atomic E-state index is -1.41. The molecule has 1 amide bonds. The number of allylic oxidation sites excluding steroid dienone is 3. The molecule has 1 unspecified atom stereocenters. The second kappa shape index (κ2) is 8.90. The number of aliphatic hydroxyl groups is 2. The Morgan fingerprint density at radius 3 is 2.86 bits per heavy atom. The van der Waals surface area contributed by atoms with Gasteiger partial charge in [0.15, 0.2) is 5.65 Å². The van der Waals surface area contributed by atoms with Gasteiger partial charge in [0.05, 0.1) is 30.2 Å². The van der Waals surface area contributed by atoms with Gasteiger partial charge in [0, 0.05) is 24.3 Å². The minimum Gasteiger partial charge on any atom is -0.390 e. The van der Waals surface area contributed by atoms with Gasteiger partial charge in [-0.2, -0.15) is 5.10 Å². The number of aromatic amines is 1. The Bertz CT molecular complexity index is 1200. The summed E-state index contributed by atoms with van der Waals surface area (Å²) in [5, 5.41) is 30.5. The van der Waals surface area contributed by atoms with Crippen LogP contribution < -0.4 is 5.32 Å². The number of hydrogen-bond donors (Lipinski definition) is 4. The number of aromatic nitrogens is 4. The van der Waals surface area contributed by atoms with Gasteiger partial charge >= 0.3 is 0 Å². The largest absolute Gasteiger partial charge is 0.390 e. The van der Waals surface area contributed by atoms with Crippen LogP contribution in [0.3, 0.4) is 0 Å². The van der Waals surface area contributed by atoms with Crippen molar-refractivity contribution in [2.24, 2.45) is 5.41 Å². The molecule has 1 saturated heterocycles. The first-order chi connectivity index (χ1) is 16.7. The van der Waals surface area contributed by atoms with Crippen LogP contribution >= 0.6 is 0 Å². The lowest BCUT2D eigenvalue weighted by Crippen LogP contribution is -2.47. The first kappa shape index (κ1) is 23.7. The number of carbonyl (C=O) groups is 1. The summed E-state index contributed by atoms with van der Waals surface area (Å²) in [6, 6.07) is -1.44. The molecule has 188 valence electrons. The molecule has 2 fully saturated rings. The van der Waals surface area contributed by atoms with Crippen LogP contribution in [0.4, 0.5) is 19.0 Å². The van der Waals surface area contributed by atoms with E-state index in [1.807, 2.05) is 0 Å². The van der Waals surface area contributed by atoms with E-state index in [0.717, 1.165) is 12.2 Å². The van der Waals surface area contributed by atoms with Gasteiger partial charge in [0.1, 0.15) is 35.7 Å². The first-order valence-corrected chi connectivity index (χ1v) is 11.7. The second-order valence-corrected chi connectivity index (χ2v) is 9.79. The van der Waals surface area contributed by atoms with Crippen molar-refractivity contribution in [3.05, 3.63) is 35.8 Å². The van der Waals surface area contributed by atoms with Gasteiger partial charge in [0.2, 0.25) is 0 Å². The molecule has 4 N–H and O–H groups in total. The Morgan fingerprint density at radius 1 is 1.26 bits per heavy atom. The summed E-state index contributed by atoms with van der Waals surface area (Å²) in [5.74, 6) is -1.56. The van der Waals surface area contributed by atoms with Crippen LogP contribution in [0.2, 0.25) is 0 Å². The zero-order chi connectivity index (χ0) is 24.9. The minimum absolute atomic E-state index is 0.0205. The quantitative estimate of drug-likeness (QED) is 0.517. The number of alkyl halides is 1. The fourth-order valence-electron chi connectivity index (χ4n) is 5.49. The number of aliphatic hydroxyl groups excluding tert-OH is 2. The summed E-state index contributed by atoms with van der Waals surface area (Å²) in [7, 11) is 0. The lowest BCUT2D eigenvalue weighted by Gasteiger charge is -2.40. The molecule has 3 heterocycles. The number of nitrogens with one attached hydrogen (secondary N) is 2. The average molecular weight is 493 g/mol. The van der Waals surface area contributed by atoms with Crippen molar-refractivity contribution in [2.45, 2.75) is 69.5 Å². The predicted molar refractivity (Wildman–Crippen MR) is 120 cm³/mol. The third-order valence-corrected chi connectivity index (χ3v) is 7.45. The number of H-pyrrole nitrogens is 1. The molecule has 0 aromatic carbocycles. The summed E-state index contributed by atoms with van der Waals surface area (Å²) in [6.45, 7) is 1.22. The maximum Gasteiger partial charge on any atom is 0.273 e. The van der Waals surface area contributed by atoms with Crippen LogP contribution in [0.15, 0.2) is 30.1 Å². The van der Waals surface area contributed by atoms with E-state index in [1.165, 1.54) is 18.2 Å². The average Bonchev–Trinajstić information content (AvgIpc) is 3.44. The smallest absolute Gasteiger partial charge is 0.273 e. The standard InChI is InChI=1S/C23H27F3N6O3/c1-23(8-11(24)5-6-15(23)26)16-7-12(25)9-32(16)22(35)18-17-20(27-10-28-21(17)31-30-18)29-13-3-2-4-14(33)19(13)34/h5-6,10,12-14,16,19,33-34H,2-4,7-9H2,1H3,(H2,27,28,29,30,31)/t12-,13+,14+,16+,19-,23?/m0/s1. The number of rotatable bonds is 4. The van der Waals surface area contributed by atoms with Crippen LogP contribution in [0.5, 0.6) is 0 Å². The molecule has 6 atom stereocenters. The van der Waals surface area contributed by atoms with Crippen LogP contribution in [0.25, 0.3) is 11.0 Å². The van der Waals surface area contributed by atoms with Crippen molar-refractivity contribution in [1.29, 1.82) is 0 Å². The molecule has 0 spiro atoms. The summed E-state index contributed by atoms with van der Waals surface area (Å²) in [5.41, 5.74) is -1.26. The number of anilines is 1. The Kier molecular flexibility index (Phi) is 6.04. The number of nitrogens with zero attached hydrogens (tertiary/aromatic N) is 4. The number of amides is 1. The van der Waals surface area contributed by atoms with Crippen molar-refractivity contribution in [2.75, 3.05) is 11.9 Å². The van der Waals surface area contributed by atoms with Gasteiger partial charge in [-0.05, 0) is 31.4 Å².